The number of nitrogens with two attached hydrogens (primary N) is 2. The van der Waals surface area contributed by atoms with Crippen LogP contribution in [0.25, 0.3) is 10.2 Å². The van der Waals surface area contributed by atoms with Crippen molar-refractivity contribution in [3.8, 4) is 0 Å². The lowest BCUT2D eigenvalue weighted by Gasteiger charge is -2.25. The molecule has 1 aliphatic carbocycles. The molecule has 0 saturated carbocycles. The summed E-state index contributed by atoms with van der Waals surface area (Å²) in [7, 11) is -8.03. The molecule has 1 fully saturated rings. The Hall–Kier alpha value is -2.05. The maximum absolute atomic E-state index is 12.0. The topological polar surface area (TPSA) is 172 Å². The van der Waals surface area contributed by atoms with Crippen LogP contribution in [0.2, 0.25) is 0 Å². The third-order valence-electron chi connectivity index (χ3n) is 5.33. The molecule has 4 N–H and O–H groups in total. The van der Waals surface area contributed by atoms with Gasteiger partial charge in [0.05, 0.1) is 31.3 Å². The van der Waals surface area contributed by atoms with Crippen molar-refractivity contribution >= 4 is 58.7 Å². The summed E-state index contributed by atoms with van der Waals surface area (Å²) in [5, 5.41) is 9.32. The monoisotopic (exact) mass is 546 g/mol. The van der Waals surface area contributed by atoms with Gasteiger partial charge in [-0.1, -0.05) is 29.2 Å². The van der Waals surface area contributed by atoms with Gasteiger partial charge in [-0.05, 0) is 44.2 Å². The van der Waals surface area contributed by atoms with Crippen LogP contribution in [0.4, 0.5) is 0 Å². The zero-order valence-electron chi connectivity index (χ0n) is 18.1. The van der Waals surface area contributed by atoms with Gasteiger partial charge in [0.25, 0.3) is 0 Å². The number of thiazole rings is 1. The van der Waals surface area contributed by atoms with E-state index >= 15 is 0 Å². The van der Waals surface area contributed by atoms with Gasteiger partial charge in [0.15, 0.2) is 5.17 Å². The molecule has 2 heterocycles. The van der Waals surface area contributed by atoms with Crippen LogP contribution >= 0.6 is 23.1 Å². The van der Waals surface area contributed by atoms with E-state index in [1.807, 2.05) is 23.3 Å². The van der Waals surface area contributed by atoms with E-state index in [9.17, 15) is 16.8 Å². The predicted molar refractivity (Wildman–Crippen MR) is 130 cm³/mol. The van der Waals surface area contributed by atoms with Crippen LogP contribution in [-0.2, 0) is 35.3 Å². The number of thioether (sulfide) groups is 1. The molecule has 2 atom stereocenters. The highest BCUT2D eigenvalue weighted by molar-refractivity contribution is 8.14. The molecule has 4 rings (SSSR count). The van der Waals surface area contributed by atoms with Gasteiger partial charge in [0, 0.05) is 13.1 Å². The van der Waals surface area contributed by atoms with Crippen molar-refractivity contribution in [2.45, 2.75) is 36.6 Å². The molecule has 184 valence electrons. The lowest BCUT2D eigenvalue weighted by Crippen LogP contribution is -2.36. The highest BCUT2D eigenvalue weighted by Crippen LogP contribution is 2.37. The summed E-state index contributed by atoms with van der Waals surface area (Å²) in [4.78, 5) is 2.54. The highest BCUT2D eigenvalue weighted by Gasteiger charge is 2.39. The molecule has 12 nitrogen and oxygen atoms in total. The minimum absolute atomic E-state index is 0.00135. The summed E-state index contributed by atoms with van der Waals surface area (Å²) in [6, 6.07) is 4.48. The van der Waals surface area contributed by atoms with Crippen molar-refractivity contribution in [2.24, 2.45) is 22.0 Å². The molecule has 1 aliphatic heterocycles. The quantitative estimate of drug-likeness (QED) is 0.476. The van der Waals surface area contributed by atoms with Crippen molar-refractivity contribution < 1.29 is 25.4 Å². The summed E-state index contributed by atoms with van der Waals surface area (Å²) in [6.07, 6.45) is 4.85. The van der Waals surface area contributed by atoms with Gasteiger partial charge < -0.3 is 9.47 Å². The average molecular weight is 547 g/mol. The van der Waals surface area contributed by atoms with Crippen LogP contribution in [0.15, 0.2) is 56.4 Å². The molecule has 34 heavy (non-hydrogen) atoms. The van der Waals surface area contributed by atoms with E-state index in [2.05, 4.69) is 18.8 Å². The number of amidine groups is 1. The van der Waals surface area contributed by atoms with Crippen molar-refractivity contribution in [3.63, 3.8) is 0 Å². The Morgan fingerprint density at radius 3 is 2.44 bits per heavy atom. The largest absolute Gasteiger partial charge is 0.342 e. The number of aromatic nitrogens is 1. The number of hydrogen-bond acceptors (Lipinski definition) is 12. The molecule has 2 aliphatic rings. The summed E-state index contributed by atoms with van der Waals surface area (Å²) >= 11 is 2.66. The van der Waals surface area contributed by atoms with Crippen LogP contribution in [0, 0.1) is 0 Å². The van der Waals surface area contributed by atoms with Crippen LogP contribution in [0.3, 0.4) is 0 Å². The second kappa shape index (κ2) is 9.54. The number of hydrogen-bond donors (Lipinski definition) is 2. The Kier molecular flexibility index (Phi) is 7.03. The predicted octanol–water partition coefficient (Wildman–Crippen LogP) is 0.953. The van der Waals surface area contributed by atoms with Crippen LogP contribution < -0.4 is 16.6 Å². The Bertz CT molecular complexity index is 1490. The molecule has 1 aromatic carbocycles. The van der Waals surface area contributed by atoms with E-state index in [0.29, 0.717) is 27.8 Å². The van der Waals surface area contributed by atoms with E-state index in [1.165, 1.54) is 41.3 Å². The van der Waals surface area contributed by atoms with Crippen molar-refractivity contribution in [2.75, 3.05) is 6.54 Å². The number of aryl methyl sites for hydroxylation is 1. The van der Waals surface area contributed by atoms with E-state index in [0.717, 1.165) is 5.52 Å². The molecule has 2 aromatic rings. The summed E-state index contributed by atoms with van der Waals surface area (Å²) < 4.78 is 58.6. The lowest BCUT2D eigenvalue weighted by atomic mass is 10.1. The number of nitrogens with zero attached hydrogens (tertiary/aromatic N) is 4. The van der Waals surface area contributed by atoms with E-state index < -0.39 is 20.2 Å². The minimum atomic E-state index is -4.03. The molecular weight excluding hydrogens is 525 g/mol. The maximum Gasteiger partial charge on any atom is 0.312 e. The first-order valence-corrected chi connectivity index (χ1v) is 14.5. The maximum atomic E-state index is 12.0. The molecule has 0 bridgehead atoms. The zero-order valence-corrected chi connectivity index (χ0v) is 21.3. The van der Waals surface area contributed by atoms with Crippen LogP contribution in [-0.4, -0.2) is 49.3 Å². The van der Waals surface area contributed by atoms with Gasteiger partial charge in [0.1, 0.15) is 0 Å². The van der Waals surface area contributed by atoms with Gasteiger partial charge >= 0.3 is 20.2 Å². The third kappa shape index (κ3) is 4.47. The fraction of sp³-hybridized carbons (Fsp3) is 0.333. The normalized spacial score (nSPS) is 22.6. The zero-order chi connectivity index (χ0) is 24.7. The number of fused-ring (bicyclic) bond motifs is 2. The van der Waals surface area contributed by atoms with Crippen LogP contribution in [0.1, 0.15) is 13.8 Å². The Morgan fingerprint density at radius 1 is 1.06 bits per heavy atom. The molecule has 0 radical (unpaired) electrons. The fourth-order valence-corrected chi connectivity index (χ4v) is 7.53. The van der Waals surface area contributed by atoms with Crippen molar-refractivity contribution in [1.29, 1.82) is 0 Å². The SMILES string of the molecule is CCN1/C(=N\N=c2\sc3cc(S(=O)(=O)ON)ccc3n2CC)SC2C=C(S(=O)(=O)ON)C=CC21. The Balaban J connectivity index is 1.73. The molecule has 1 aromatic heterocycles. The first kappa shape index (κ1) is 25.1. The van der Waals surface area contributed by atoms with E-state index in [1.54, 1.807) is 18.2 Å². The van der Waals surface area contributed by atoms with Gasteiger partial charge in [0.2, 0.25) is 4.80 Å². The standard InChI is InChI=1S/C18H22N6O6S4/c1-3-23-13-7-5-11(33(25,26)29-19)9-15(13)31-17(23)21-22-18-24(4-2)14-8-6-12(10-16(14)32-18)34(27,28)30-20/h5-10,13,15H,3-4,19-20H2,1-2H3/b21-17+,22-18+. The van der Waals surface area contributed by atoms with E-state index in [4.69, 9.17) is 11.8 Å². The Labute approximate surface area is 204 Å². The summed E-state index contributed by atoms with van der Waals surface area (Å²) in [5.41, 5.74) is 0.796. The lowest BCUT2D eigenvalue weighted by molar-refractivity contribution is 0.333. The molecular formula is C18H22N6O6S4. The van der Waals surface area contributed by atoms with E-state index in [-0.39, 0.29) is 21.1 Å². The molecule has 0 amide bonds. The second-order valence-corrected chi connectivity index (χ2v) is 12.4. The van der Waals surface area contributed by atoms with Gasteiger partial charge in [-0.2, -0.15) is 37.2 Å². The average Bonchev–Trinajstić information content (AvgIpc) is 3.38. The minimum Gasteiger partial charge on any atom is -0.342 e. The second-order valence-electron chi connectivity index (χ2n) is 7.13. The number of likely N-dealkylation sites (N-methyl/N-ethyl adjacent to an activating group) is 1. The number of benzene rings is 1. The third-order valence-corrected chi connectivity index (χ3v) is 9.77. The number of allylic oxidation sites excluding steroid dienone is 1. The smallest absolute Gasteiger partial charge is 0.312 e. The summed E-state index contributed by atoms with van der Waals surface area (Å²) in [6.45, 7) is 5.14. The van der Waals surface area contributed by atoms with Crippen LogP contribution in [0.5, 0.6) is 0 Å². The van der Waals surface area contributed by atoms with Crippen molar-refractivity contribution in [3.05, 3.63) is 46.1 Å². The molecule has 0 spiro atoms. The molecule has 16 heteroatoms. The Morgan fingerprint density at radius 2 is 1.79 bits per heavy atom. The first-order chi connectivity index (χ1) is 16.1. The molecule has 2 unspecified atom stereocenters. The summed E-state index contributed by atoms with van der Waals surface area (Å²) in [5.74, 6) is 9.79. The first-order valence-electron chi connectivity index (χ1n) is 10.00. The van der Waals surface area contributed by atoms with Crippen molar-refractivity contribution in [1.82, 2.24) is 9.47 Å². The van der Waals surface area contributed by atoms with Gasteiger partial charge in [-0.15, -0.1) is 10.2 Å². The van der Waals surface area contributed by atoms with Gasteiger partial charge in [-0.3, -0.25) is 0 Å². The molecule has 1 saturated heterocycles. The van der Waals surface area contributed by atoms with Gasteiger partial charge in [-0.25, -0.2) is 0 Å². The number of rotatable bonds is 7. The fourth-order valence-electron chi connectivity index (χ4n) is 3.70. The highest BCUT2D eigenvalue weighted by atomic mass is 32.2.